The molecule has 0 spiro atoms. The van der Waals surface area contributed by atoms with Crippen molar-refractivity contribution in [2.75, 3.05) is 12.3 Å². The highest BCUT2D eigenvalue weighted by molar-refractivity contribution is 7.85. The fraction of sp³-hybridized carbons (Fsp3) is 0.182. The van der Waals surface area contributed by atoms with Gasteiger partial charge in [-0.2, -0.15) is 5.26 Å². The van der Waals surface area contributed by atoms with Gasteiger partial charge in [0.05, 0.1) is 22.4 Å². The molecule has 94 valence electrons. The van der Waals surface area contributed by atoms with E-state index in [1.165, 1.54) is 24.3 Å². The minimum atomic E-state index is -1.55. The number of carbonyl (C=O) groups is 2. The fourth-order valence-electron chi connectivity index (χ4n) is 1.14. The van der Waals surface area contributed by atoms with Gasteiger partial charge < -0.3 is 10.4 Å². The highest BCUT2D eigenvalue weighted by Crippen LogP contribution is 2.09. The lowest BCUT2D eigenvalue weighted by Crippen LogP contribution is -2.28. The summed E-state index contributed by atoms with van der Waals surface area (Å²) in [6, 6.07) is 7.18. The van der Waals surface area contributed by atoms with E-state index < -0.39 is 22.7 Å². The SMILES string of the molecule is N#CCNC(=O)CS(=O)c1ccc(C(=O)O)cc1. The average Bonchev–Trinajstić information content (AvgIpc) is 2.36. The molecule has 7 heteroatoms. The molecule has 1 aromatic carbocycles. The number of carboxylic acid groups (broad SMARTS) is 1. The Morgan fingerprint density at radius 1 is 1.33 bits per heavy atom. The number of aromatic carboxylic acids is 1. The molecule has 1 rings (SSSR count). The molecular weight excluding hydrogens is 256 g/mol. The predicted molar refractivity (Wildman–Crippen MR) is 63.3 cm³/mol. The minimum Gasteiger partial charge on any atom is -0.478 e. The van der Waals surface area contributed by atoms with Crippen LogP contribution in [-0.2, 0) is 15.6 Å². The molecule has 0 bridgehead atoms. The Bertz CT molecular complexity index is 519. The quantitative estimate of drug-likeness (QED) is 0.737. The lowest BCUT2D eigenvalue weighted by Gasteiger charge is -2.02. The molecule has 0 aromatic heterocycles. The van der Waals surface area contributed by atoms with Crippen LogP contribution in [-0.4, -0.2) is 33.5 Å². The molecule has 1 amide bonds. The molecule has 1 unspecified atom stereocenters. The van der Waals surface area contributed by atoms with E-state index in [1.807, 2.05) is 0 Å². The van der Waals surface area contributed by atoms with Crippen LogP contribution in [0.1, 0.15) is 10.4 Å². The van der Waals surface area contributed by atoms with Crippen molar-refractivity contribution in [2.45, 2.75) is 4.90 Å². The van der Waals surface area contributed by atoms with Gasteiger partial charge in [-0.1, -0.05) is 0 Å². The van der Waals surface area contributed by atoms with Crippen LogP contribution in [0.25, 0.3) is 0 Å². The number of carbonyl (C=O) groups excluding carboxylic acids is 1. The van der Waals surface area contributed by atoms with Crippen LogP contribution in [0.3, 0.4) is 0 Å². The second-order valence-electron chi connectivity index (χ2n) is 3.25. The summed E-state index contributed by atoms with van der Waals surface area (Å²) in [5, 5.41) is 19.2. The normalized spacial score (nSPS) is 11.3. The number of hydrogen-bond donors (Lipinski definition) is 2. The van der Waals surface area contributed by atoms with E-state index in [0.717, 1.165) is 0 Å². The highest BCUT2D eigenvalue weighted by atomic mass is 32.2. The summed E-state index contributed by atoms with van der Waals surface area (Å²) in [6.45, 7) is -0.131. The summed E-state index contributed by atoms with van der Waals surface area (Å²) in [5.41, 5.74) is 0.0877. The van der Waals surface area contributed by atoms with Crippen molar-refractivity contribution < 1.29 is 18.9 Å². The molecule has 1 atom stereocenters. The van der Waals surface area contributed by atoms with Crippen molar-refractivity contribution in [1.29, 1.82) is 5.26 Å². The van der Waals surface area contributed by atoms with Crippen molar-refractivity contribution in [3.8, 4) is 6.07 Å². The van der Waals surface area contributed by atoms with Crippen molar-refractivity contribution in [3.05, 3.63) is 29.8 Å². The summed E-state index contributed by atoms with van der Waals surface area (Å²) in [4.78, 5) is 22.2. The zero-order valence-corrected chi connectivity index (χ0v) is 10.1. The third kappa shape index (κ3) is 3.99. The molecule has 1 aromatic rings. The summed E-state index contributed by atoms with van der Waals surface area (Å²) in [5.74, 6) is -1.81. The van der Waals surface area contributed by atoms with E-state index >= 15 is 0 Å². The van der Waals surface area contributed by atoms with Gasteiger partial charge in [-0.3, -0.25) is 9.00 Å². The molecule has 18 heavy (non-hydrogen) atoms. The molecule has 0 aliphatic heterocycles. The Morgan fingerprint density at radius 3 is 2.44 bits per heavy atom. The van der Waals surface area contributed by atoms with Gasteiger partial charge in [-0.05, 0) is 24.3 Å². The molecular formula is C11H10N2O4S. The van der Waals surface area contributed by atoms with Gasteiger partial charge >= 0.3 is 5.97 Å². The molecule has 0 radical (unpaired) electrons. The van der Waals surface area contributed by atoms with Gasteiger partial charge in [0, 0.05) is 4.90 Å². The molecule has 6 nitrogen and oxygen atoms in total. The van der Waals surface area contributed by atoms with Crippen LogP contribution in [0.15, 0.2) is 29.2 Å². The van der Waals surface area contributed by atoms with Crippen LogP contribution >= 0.6 is 0 Å². The lowest BCUT2D eigenvalue weighted by molar-refractivity contribution is -0.118. The van der Waals surface area contributed by atoms with Crippen LogP contribution in [0, 0.1) is 11.3 Å². The number of carboxylic acids is 1. The summed E-state index contributed by atoms with van der Waals surface area (Å²) in [7, 11) is -1.55. The van der Waals surface area contributed by atoms with E-state index in [9.17, 15) is 13.8 Å². The van der Waals surface area contributed by atoms with Crippen LogP contribution in [0.2, 0.25) is 0 Å². The number of nitrogens with zero attached hydrogens (tertiary/aromatic N) is 1. The molecule has 0 saturated carbocycles. The second kappa shape index (κ2) is 6.51. The Balaban J connectivity index is 2.65. The molecule has 0 fully saturated rings. The maximum atomic E-state index is 11.7. The third-order valence-corrected chi connectivity index (χ3v) is 3.31. The van der Waals surface area contributed by atoms with Gasteiger partial charge in [0.25, 0.3) is 0 Å². The number of hydrogen-bond acceptors (Lipinski definition) is 4. The lowest BCUT2D eigenvalue weighted by atomic mass is 10.2. The number of rotatable bonds is 5. The summed E-state index contributed by atoms with van der Waals surface area (Å²) < 4.78 is 11.7. The standard InChI is InChI=1S/C11H10N2O4S/c12-5-6-13-10(14)7-18(17)9-3-1-8(2-4-9)11(15)16/h1-4H,6-7H2,(H,13,14)(H,15,16). The second-order valence-corrected chi connectivity index (χ2v) is 4.71. The van der Waals surface area contributed by atoms with Gasteiger partial charge in [0.1, 0.15) is 12.3 Å². The summed E-state index contributed by atoms with van der Waals surface area (Å²) in [6.07, 6.45) is 0. The van der Waals surface area contributed by atoms with Gasteiger partial charge in [0.2, 0.25) is 5.91 Å². The van der Waals surface area contributed by atoms with Gasteiger partial charge in [-0.15, -0.1) is 0 Å². The first-order valence-corrected chi connectivity index (χ1v) is 6.22. The van der Waals surface area contributed by atoms with Crippen LogP contribution in [0.4, 0.5) is 0 Å². The van der Waals surface area contributed by atoms with Crippen LogP contribution < -0.4 is 5.32 Å². The number of benzene rings is 1. The van der Waals surface area contributed by atoms with Crippen molar-refractivity contribution in [3.63, 3.8) is 0 Å². The Morgan fingerprint density at radius 2 is 1.94 bits per heavy atom. The van der Waals surface area contributed by atoms with Gasteiger partial charge in [0.15, 0.2) is 0 Å². The molecule has 0 aliphatic rings. The molecule has 0 aliphatic carbocycles. The van der Waals surface area contributed by atoms with E-state index in [4.69, 9.17) is 10.4 Å². The van der Waals surface area contributed by atoms with E-state index in [1.54, 1.807) is 6.07 Å². The first kappa shape index (κ1) is 13.9. The number of nitrogens with one attached hydrogen (secondary N) is 1. The third-order valence-electron chi connectivity index (χ3n) is 1.99. The maximum absolute atomic E-state index is 11.7. The summed E-state index contributed by atoms with van der Waals surface area (Å²) >= 11 is 0. The Hall–Kier alpha value is -2.20. The zero-order valence-electron chi connectivity index (χ0n) is 9.25. The van der Waals surface area contributed by atoms with Crippen LogP contribution in [0.5, 0.6) is 0 Å². The van der Waals surface area contributed by atoms with E-state index in [2.05, 4.69) is 5.32 Å². The first-order chi connectivity index (χ1) is 8.54. The van der Waals surface area contributed by atoms with Crippen molar-refractivity contribution in [1.82, 2.24) is 5.32 Å². The van der Waals surface area contributed by atoms with Gasteiger partial charge in [-0.25, -0.2) is 4.79 Å². The van der Waals surface area contributed by atoms with E-state index in [0.29, 0.717) is 4.90 Å². The molecule has 0 saturated heterocycles. The number of nitriles is 1. The topological polar surface area (TPSA) is 107 Å². The largest absolute Gasteiger partial charge is 0.478 e. The number of amides is 1. The van der Waals surface area contributed by atoms with Crippen molar-refractivity contribution in [2.24, 2.45) is 0 Å². The maximum Gasteiger partial charge on any atom is 0.335 e. The predicted octanol–water partition coefficient (Wildman–Crippen LogP) is 0.132. The Labute approximate surface area is 106 Å². The molecule has 0 heterocycles. The fourth-order valence-corrected chi connectivity index (χ4v) is 2.09. The zero-order chi connectivity index (χ0) is 13.5. The highest BCUT2D eigenvalue weighted by Gasteiger charge is 2.10. The van der Waals surface area contributed by atoms with E-state index in [-0.39, 0.29) is 17.9 Å². The minimum absolute atomic E-state index is 0.0877. The average molecular weight is 266 g/mol. The molecule has 2 N–H and O–H groups in total. The first-order valence-electron chi connectivity index (χ1n) is 4.90. The smallest absolute Gasteiger partial charge is 0.335 e. The Kier molecular flexibility index (Phi) is 5.02. The van der Waals surface area contributed by atoms with Crippen molar-refractivity contribution >= 4 is 22.7 Å². The monoisotopic (exact) mass is 266 g/mol.